The molecule has 1 aliphatic heterocycles. The summed E-state index contributed by atoms with van der Waals surface area (Å²) >= 11 is -1.72. The Labute approximate surface area is 54.0 Å². The fraction of sp³-hybridized carbons (Fsp3) is 0.500. The summed E-state index contributed by atoms with van der Waals surface area (Å²) in [7, 11) is 0. The molecule has 2 unspecified atom stereocenters. The highest BCUT2D eigenvalue weighted by atomic mass is 32.2. The minimum absolute atomic E-state index is 0.0729. The van der Waals surface area contributed by atoms with Gasteiger partial charge in [0, 0.05) is 0 Å². The van der Waals surface area contributed by atoms with Crippen LogP contribution in [0.3, 0.4) is 0 Å². The second-order valence-electron chi connectivity index (χ2n) is 1.31. The van der Waals surface area contributed by atoms with E-state index in [2.05, 4.69) is 8.37 Å². The van der Waals surface area contributed by atoms with Crippen molar-refractivity contribution >= 4 is 11.4 Å². The summed E-state index contributed by atoms with van der Waals surface area (Å²) in [4.78, 5) is 0. The van der Waals surface area contributed by atoms with Gasteiger partial charge >= 0.3 is 11.4 Å². The molecule has 1 saturated heterocycles. The van der Waals surface area contributed by atoms with Crippen molar-refractivity contribution in [1.29, 1.82) is 0 Å². The number of rotatable bonds is 0. The fourth-order valence-corrected chi connectivity index (χ4v) is 0.978. The molecule has 0 N–H and O–H groups in total. The predicted octanol–water partition coefficient (Wildman–Crippen LogP) is -0.0891. The molecule has 0 radical (unpaired) electrons. The Balaban J connectivity index is 2.45. The summed E-state index contributed by atoms with van der Waals surface area (Å²) in [6.45, 7) is 0.0729. The van der Waals surface area contributed by atoms with E-state index < -0.39 is 17.5 Å². The monoisotopic (exact) mass is 150 g/mol. The van der Waals surface area contributed by atoms with Gasteiger partial charge in [-0.15, -0.1) is 4.39 Å². The second-order valence-corrected chi connectivity index (χ2v) is 2.15. The van der Waals surface area contributed by atoms with E-state index in [4.69, 9.17) is 0 Å². The maximum absolute atomic E-state index is 11.2. The Hall–Kier alpha value is -0.440. The molecule has 0 amide bonds. The zero-order valence-electron chi connectivity index (χ0n) is 4.30. The highest BCUT2D eigenvalue weighted by Gasteiger charge is 2.20. The summed E-state index contributed by atoms with van der Waals surface area (Å²) in [5.41, 5.74) is 0. The maximum atomic E-state index is 11.2. The van der Waals surface area contributed by atoms with Crippen molar-refractivity contribution in [1.82, 2.24) is 0 Å². The topological polar surface area (TPSA) is 35.5 Å². The van der Waals surface area contributed by atoms with Gasteiger partial charge < -0.3 is 0 Å². The average molecular weight is 150 g/mol. The zero-order chi connectivity index (χ0) is 6.69. The van der Waals surface area contributed by atoms with Gasteiger partial charge in [-0.25, -0.2) is 4.18 Å². The Bertz CT molecular complexity index is 182. The molecule has 0 saturated carbocycles. The van der Waals surface area contributed by atoms with Gasteiger partial charge in [0.1, 0.15) is 12.8 Å². The summed E-state index contributed by atoms with van der Waals surface area (Å²) in [5.74, 6) is 2.02. The Morgan fingerprint density at radius 1 is 1.78 bits per heavy atom. The van der Waals surface area contributed by atoms with Crippen LogP contribution in [0, 0.1) is 12.1 Å². The van der Waals surface area contributed by atoms with E-state index in [1.807, 2.05) is 5.92 Å². The van der Waals surface area contributed by atoms with E-state index in [0.717, 1.165) is 6.17 Å². The van der Waals surface area contributed by atoms with Crippen LogP contribution in [-0.4, -0.2) is 16.9 Å². The van der Waals surface area contributed by atoms with Gasteiger partial charge in [-0.2, -0.15) is 4.21 Å². The van der Waals surface area contributed by atoms with Crippen LogP contribution in [0.4, 0.5) is 4.39 Å². The Morgan fingerprint density at radius 2 is 2.56 bits per heavy atom. The third kappa shape index (κ3) is 1.75. The third-order valence-electron chi connectivity index (χ3n) is 0.726. The number of hydrogen-bond acceptors (Lipinski definition) is 3. The standard InChI is InChI=1S/C4H3FO3S/c5-2-1-4-3-7-9(6)8-4/h4H,3H2. The van der Waals surface area contributed by atoms with Gasteiger partial charge in [-0.3, -0.25) is 4.18 Å². The average Bonchev–Trinajstić information content (AvgIpc) is 2.17. The lowest BCUT2D eigenvalue weighted by Gasteiger charge is -1.87. The van der Waals surface area contributed by atoms with E-state index in [9.17, 15) is 8.60 Å². The summed E-state index contributed by atoms with van der Waals surface area (Å²) in [5, 5.41) is 0. The van der Waals surface area contributed by atoms with Gasteiger partial charge in [0.2, 0.25) is 0 Å². The predicted molar refractivity (Wildman–Crippen MR) is 27.9 cm³/mol. The molecule has 0 aromatic rings. The molecule has 0 aromatic heterocycles. The van der Waals surface area contributed by atoms with Crippen molar-refractivity contribution in [2.75, 3.05) is 6.61 Å². The van der Waals surface area contributed by atoms with Crippen LogP contribution in [0.25, 0.3) is 0 Å². The second kappa shape index (κ2) is 2.92. The van der Waals surface area contributed by atoms with Gasteiger partial charge in [-0.1, -0.05) is 0 Å². The van der Waals surface area contributed by atoms with Crippen molar-refractivity contribution in [2.24, 2.45) is 0 Å². The summed E-state index contributed by atoms with van der Waals surface area (Å²) in [6.07, 6.45) is 0.470. The molecule has 1 rings (SSSR count). The largest absolute Gasteiger partial charge is 0.306 e. The molecule has 3 nitrogen and oxygen atoms in total. The summed E-state index contributed by atoms with van der Waals surface area (Å²) in [6, 6.07) is 0. The van der Waals surface area contributed by atoms with E-state index in [0.29, 0.717) is 0 Å². The van der Waals surface area contributed by atoms with E-state index in [1.165, 1.54) is 0 Å². The molecule has 0 bridgehead atoms. The van der Waals surface area contributed by atoms with Crippen LogP contribution in [0.2, 0.25) is 0 Å². The molecule has 1 heterocycles. The minimum Gasteiger partial charge on any atom is -0.265 e. The molecule has 50 valence electrons. The van der Waals surface area contributed by atoms with Crippen LogP contribution >= 0.6 is 0 Å². The highest BCUT2D eigenvalue weighted by Crippen LogP contribution is 2.06. The van der Waals surface area contributed by atoms with Crippen molar-refractivity contribution in [3.8, 4) is 12.1 Å². The molecule has 0 aliphatic carbocycles. The van der Waals surface area contributed by atoms with Gasteiger partial charge in [0.05, 0.1) is 0 Å². The molecule has 9 heavy (non-hydrogen) atoms. The lowest BCUT2D eigenvalue weighted by molar-refractivity contribution is 0.301. The number of hydrogen-bond donors (Lipinski definition) is 0. The zero-order valence-corrected chi connectivity index (χ0v) is 5.11. The number of halogens is 1. The molecule has 2 atom stereocenters. The van der Waals surface area contributed by atoms with Crippen LogP contribution in [0.15, 0.2) is 0 Å². The lowest BCUT2D eigenvalue weighted by Crippen LogP contribution is -2.04. The first-order valence-electron chi connectivity index (χ1n) is 2.16. The van der Waals surface area contributed by atoms with Crippen molar-refractivity contribution < 1.29 is 17.0 Å². The normalized spacial score (nSPS) is 33.4. The lowest BCUT2D eigenvalue weighted by atomic mass is 10.4. The molecule has 0 spiro atoms. The van der Waals surface area contributed by atoms with Crippen molar-refractivity contribution in [2.45, 2.75) is 6.10 Å². The Kier molecular flexibility index (Phi) is 2.16. The highest BCUT2D eigenvalue weighted by molar-refractivity contribution is 7.75. The molecule has 5 heteroatoms. The first-order valence-corrected chi connectivity index (χ1v) is 3.16. The molecule has 1 fully saturated rings. The van der Waals surface area contributed by atoms with Crippen LogP contribution in [-0.2, 0) is 19.7 Å². The molecular weight excluding hydrogens is 147 g/mol. The molecule has 0 aromatic carbocycles. The van der Waals surface area contributed by atoms with E-state index >= 15 is 0 Å². The van der Waals surface area contributed by atoms with Crippen LogP contribution < -0.4 is 0 Å². The summed E-state index contributed by atoms with van der Waals surface area (Å²) < 4.78 is 30.2. The van der Waals surface area contributed by atoms with Gasteiger partial charge in [-0.05, 0) is 5.92 Å². The van der Waals surface area contributed by atoms with Crippen LogP contribution in [0.5, 0.6) is 0 Å². The van der Waals surface area contributed by atoms with Crippen LogP contribution in [0.1, 0.15) is 0 Å². The van der Waals surface area contributed by atoms with Crippen molar-refractivity contribution in [3.63, 3.8) is 0 Å². The quantitative estimate of drug-likeness (QED) is 0.453. The SMILES string of the molecule is O=S1OCC(C#CF)O1. The molecular formula is C4H3FO3S. The minimum atomic E-state index is -1.72. The van der Waals surface area contributed by atoms with Crippen molar-refractivity contribution in [3.05, 3.63) is 0 Å². The fourth-order valence-electron chi connectivity index (χ4n) is 0.394. The first-order chi connectivity index (χ1) is 4.33. The Morgan fingerprint density at radius 3 is 3.00 bits per heavy atom. The van der Waals surface area contributed by atoms with E-state index in [-0.39, 0.29) is 6.61 Å². The first kappa shape index (κ1) is 6.68. The van der Waals surface area contributed by atoms with Gasteiger partial charge in [0.25, 0.3) is 0 Å². The third-order valence-corrected chi connectivity index (χ3v) is 1.44. The maximum Gasteiger partial charge on any atom is 0.306 e. The van der Waals surface area contributed by atoms with Gasteiger partial charge in [0.15, 0.2) is 6.10 Å². The molecule has 1 aliphatic rings. The smallest absolute Gasteiger partial charge is 0.265 e. The van der Waals surface area contributed by atoms with E-state index in [1.54, 1.807) is 0 Å².